The van der Waals surface area contributed by atoms with Gasteiger partial charge in [0.15, 0.2) is 0 Å². The Labute approximate surface area is 108 Å². The SMILES string of the molecule is CCOc1c(Cl)c(OCC)c(Cl)[n+]([O-])c1Cl. The molecule has 0 radical (unpaired) electrons. The average molecular weight is 287 g/mol. The van der Waals surface area contributed by atoms with Crippen molar-refractivity contribution < 1.29 is 14.2 Å². The fraction of sp³-hybridized carbons (Fsp3) is 0.444. The van der Waals surface area contributed by atoms with E-state index in [1.807, 2.05) is 0 Å². The maximum Gasteiger partial charge on any atom is 0.332 e. The summed E-state index contributed by atoms with van der Waals surface area (Å²) in [5.41, 5.74) is 0. The Morgan fingerprint density at radius 3 is 1.69 bits per heavy atom. The van der Waals surface area contributed by atoms with Crippen LogP contribution < -0.4 is 14.2 Å². The van der Waals surface area contributed by atoms with E-state index < -0.39 is 0 Å². The third kappa shape index (κ3) is 2.39. The van der Waals surface area contributed by atoms with Crippen LogP contribution in [0.2, 0.25) is 15.3 Å². The van der Waals surface area contributed by atoms with Gasteiger partial charge in [-0.1, -0.05) is 11.6 Å². The first-order valence-corrected chi connectivity index (χ1v) is 5.73. The lowest BCUT2D eigenvalue weighted by molar-refractivity contribution is -0.601. The number of nitrogens with zero attached hydrogens (tertiary/aromatic N) is 1. The van der Waals surface area contributed by atoms with Gasteiger partial charge in [-0.2, -0.15) is 0 Å². The number of hydrogen-bond donors (Lipinski definition) is 0. The molecule has 0 unspecified atom stereocenters. The molecule has 16 heavy (non-hydrogen) atoms. The van der Waals surface area contributed by atoms with E-state index >= 15 is 0 Å². The Bertz CT molecular complexity index is 365. The molecular formula is C9H10Cl3NO3. The standard InChI is InChI=1S/C9H10Cl3NO3/c1-3-15-6-5(10)7(16-4-2)9(12)13(14)8(6)11/h3-4H2,1-2H3. The molecule has 0 amide bonds. The van der Waals surface area contributed by atoms with Crippen molar-refractivity contribution in [3.63, 3.8) is 0 Å². The second-order valence-electron chi connectivity index (χ2n) is 2.71. The normalized spacial score (nSPS) is 10.3. The minimum absolute atomic E-state index is 0.0775. The highest BCUT2D eigenvalue weighted by Gasteiger charge is 2.27. The number of aromatic nitrogens is 1. The van der Waals surface area contributed by atoms with Crippen LogP contribution in [0.1, 0.15) is 13.8 Å². The van der Waals surface area contributed by atoms with Crippen molar-refractivity contribution >= 4 is 34.8 Å². The van der Waals surface area contributed by atoms with Gasteiger partial charge in [0.2, 0.25) is 11.5 Å². The van der Waals surface area contributed by atoms with Crippen LogP contribution >= 0.6 is 34.8 Å². The zero-order valence-corrected chi connectivity index (χ0v) is 11.0. The van der Waals surface area contributed by atoms with Crippen molar-refractivity contribution in [2.45, 2.75) is 13.8 Å². The van der Waals surface area contributed by atoms with Gasteiger partial charge in [-0.25, -0.2) is 0 Å². The molecule has 1 rings (SSSR count). The summed E-state index contributed by atoms with van der Waals surface area (Å²) in [6, 6.07) is 0. The molecule has 7 heteroatoms. The Kier molecular flexibility index (Phi) is 4.77. The number of ether oxygens (including phenoxy) is 2. The van der Waals surface area contributed by atoms with E-state index in [1.165, 1.54) is 0 Å². The average Bonchev–Trinajstić information content (AvgIpc) is 2.28. The van der Waals surface area contributed by atoms with Gasteiger partial charge in [-0.15, -0.1) is 4.73 Å². The van der Waals surface area contributed by atoms with Crippen LogP contribution in [0.5, 0.6) is 11.5 Å². The number of halogens is 3. The first-order chi connectivity index (χ1) is 7.54. The minimum Gasteiger partial charge on any atom is -0.616 e. The zero-order chi connectivity index (χ0) is 12.3. The van der Waals surface area contributed by atoms with E-state index in [0.29, 0.717) is 17.9 Å². The van der Waals surface area contributed by atoms with Crippen LogP contribution in [0.15, 0.2) is 0 Å². The number of hydrogen-bond acceptors (Lipinski definition) is 3. The zero-order valence-electron chi connectivity index (χ0n) is 8.72. The van der Waals surface area contributed by atoms with Crippen LogP contribution in [0.25, 0.3) is 0 Å². The van der Waals surface area contributed by atoms with Crippen LogP contribution in [-0.4, -0.2) is 13.2 Å². The molecule has 0 fully saturated rings. The van der Waals surface area contributed by atoms with Crippen LogP contribution in [0.4, 0.5) is 0 Å². The van der Waals surface area contributed by atoms with Gasteiger partial charge in [-0.3, -0.25) is 0 Å². The topological polar surface area (TPSA) is 45.4 Å². The maximum absolute atomic E-state index is 11.5. The van der Waals surface area contributed by atoms with Crippen molar-refractivity contribution in [3.05, 3.63) is 20.5 Å². The molecule has 0 aliphatic heterocycles. The smallest absolute Gasteiger partial charge is 0.332 e. The Morgan fingerprint density at radius 2 is 1.38 bits per heavy atom. The predicted octanol–water partition coefficient (Wildman–Crippen LogP) is 3.08. The van der Waals surface area contributed by atoms with Crippen molar-refractivity contribution in [3.8, 4) is 11.5 Å². The molecule has 1 aromatic rings. The highest BCUT2D eigenvalue weighted by Crippen LogP contribution is 2.41. The van der Waals surface area contributed by atoms with Gasteiger partial charge in [0, 0.05) is 0 Å². The van der Waals surface area contributed by atoms with Gasteiger partial charge < -0.3 is 14.7 Å². The Morgan fingerprint density at radius 1 is 1.00 bits per heavy atom. The quantitative estimate of drug-likeness (QED) is 0.485. The second kappa shape index (κ2) is 5.66. The lowest BCUT2D eigenvalue weighted by Crippen LogP contribution is -2.30. The monoisotopic (exact) mass is 285 g/mol. The molecule has 0 spiro atoms. The van der Waals surface area contributed by atoms with Crippen molar-refractivity contribution in [1.82, 2.24) is 0 Å². The lowest BCUT2D eigenvalue weighted by atomic mass is 10.4. The van der Waals surface area contributed by atoms with Gasteiger partial charge in [0.25, 0.3) is 0 Å². The van der Waals surface area contributed by atoms with Crippen LogP contribution in [0, 0.1) is 5.21 Å². The van der Waals surface area contributed by atoms with Crippen molar-refractivity contribution in [2.75, 3.05) is 13.2 Å². The molecule has 4 nitrogen and oxygen atoms in total. The summed E-state index contributed by atoms with van der Waals surface area (Å²) in [5.74, 6) is 0.155. The summed E-state index contributed by atoms with van der Waals surface area (Å²) < 4.78 is 10.6. The highest BCUT2D eigenvalue weighted by molar-refractivity contribution is 6.39. The third-order valence-electron chi connectivity index (χ3n) is 1.71. The van der Waals surface area contributed by atoms with Crippen molar-refractivity contribution in [2.24, 2.45) is 0 Å². The Balaban J connectivity index is 3.39. The summed E-state index contributed by atoms with van der Waals surface area (Å²) in [6.45, 7) is 4.15. The Hall–Kier alpha value is -0.580. The van der Waals surface area contributed by atoms with E-state index in [4.69, 9.17) is 44.3 Å². The summed E-state index contributed by atoms with van der Waals surface area (Å²) in [7, 11) is 0. The van der Waals surface area contributed by atoms with Crippen LogP contribution in [0.3, 0.4) is 0 Å². The summed E-state index contributed by atoms with van der Waals surface area (Å²) in [4.78, 5) is 0. The van der Waals surface area contributed by atoms with E-state index in [2.05, 4.69) is 0 Å². The molecule has 0 aliphatic rings. The summed E-state index contributed by atoms with van der Waals surface area (Å²) >= 11 is 17.5. The molecule has 0 N–H and O–H groups in total. The molecule has 1 aromatic heterocycles. The summed E-state index contributed by atoms with van der Waals surface area (Å²) in [5, 5.41) is 11.2. The highest BCUT2D eigenvalue weighted by atomic mass is 35.5. The lowest BCUT2D eigenvalue weighted by Gasteiger charge is -2.13. The first-order valence-electron chi connectivity index (χ1n) is 4.60. The fourth-order valence-corrected chi connectivity index (χ4v) is 1.98. The summed E-state index contributed by atoms with van der Waals surface area (Å²) in [6.07, 6.45) is 0. The predicted molar refractivity (Wildman–Crippen MR) is 62.8 cm³/mol. The fourth-order valence-electron chi connectivity index (χ4n) is 1.09. The molecule has 1 heterocycles. The van der Waals surface area contributed by atoms with E-state index in [-0.39, 0.29) is 26.8 Å². The van der Waals surface area contributed by atoms with Gasteiger partial charge >= 0.3 is 10.3 Å². The van der Waals surface area contributed by atoms with E-state index in [0.717, 1.165) is 0 Å². The molecule has 0 saturated heterocycles. The molecule has 90 valence electrons. The first kappa shape index (κ1) is 13.5. The van der Waals surface area contributed by atoms with E-state index in [9.17, 15) is 5.21 Å². The molecule has 0 bridgehead atoms. The molecule has 0 saturated carbocycles. The molecule has 0 aliphatic carbocycles. The minimum atomic E-state index is -0.208. The van der Waals surface area contributed by atoms with Gasteiger partial charge in [-0.05, 0) is 37.0 Å². The van der Waals surface area contributed by atoms with E-state index in [1.54, 1.807) is 13.8 Å². The van der Waals surface area contributed by atoms with Gasteiger partial charge in [0.05, 0.1) is 13.2 Å². The molecule has 0 atom stereocenters. The number of rotatable bonds is 4. The maximum atomic E-state index is 11.5. The number of pyridine rings is 1. The second-order valence-corrected chi connectivity index (χ2v) is 3.81. The molecular weight excluding hydrogens is 276 g/mol. The molecule has 0 aromatic carbocycles. The van der Waals surface area contributed by atoms with Crippen molar-refractivity contribution in [1.29, 1.82) is 0 Å². The largest absolute Gasteiger partial charge is 0.616 e. The van der Waals surface area contributed by atoms with Gasteiger partial charge in [0.1, 0.15) is 5.02 Å². The van der Waals surface area contributed by atoms with Crippen LogP contribution in [-0.2, 0) is 0 Å². The third-order valence-corrected chi connectivity index (χ3v) is 2.70.